The van der Waals surface area contributed by atoms with E-state index in [1.165, 1.54) is 0 Å². The van der Waals surface area contributed by atoms with Gasteiger partial charge in [-0.3, -0.25) is 0 Å². The predicted molar refractivity (Wildman–Crippen MR) is 24.0 cm³/mol. The summed E-state index contributed by atoms with van der Waals surface area (Å²) in [6, 6.07) is 0. The Kier molecular flexibility index (Phi) is 7.89. The molecule has 0 aliphatic rings. The third-order valence-electron chi connectivity index (χ3n) is 0. The Morgan fingerprint density at radius 1 is 1.17 bits per heavy atom. The van der Waals surface area contributed by atoms with Crippen LogP contribution in [-0.4, -0.2) is 27.3 Å². The van der Waals surface area contributed by atoms with Gasteiger partial charge in [-0.05, 0) is 0 Å². The number of halogens is 3. The molecule has 0 atom stereocenters. The zero-order chi connectivity index (χ0) is 4.50. The summed E-state index contributed by atoms with van der Waals surface area (Å²) in [7, 11) is 14.1. The molecule has 0 aromatic carbocycles. The van der Waals surface area contributed by atoms with Crippen LogP contribution in [0.5, 0.6) is 0 Å². The summed E-state index contributed by atoms with van der Waals surface area (Å²) < 4.78 is 9.60. The molecule has 0 saturated heterocycles. The van der Waals surface area contributed by atoms with Crippen LogP contribution in [-0.2, 0) is 17.1 Å². The first kappa shape index (κ1) is 11.2. The van der Waals surface area contributed by atoms with E-state index >= 15 is 0 Å². The minimum Gasteiger partial charge on any atom is 0 e. The molecule has 0 aromatic heterocycles. The summed E-state index contributed by atoms with van der Waals surface area (Å²) in [6.45, 7) is 0. The SMILES string of the molecule is [O]=[Nb]([Cl])([Cl])[Cl].[Tl]. The second kappa shape index (κ2) is 4.23. The van der Waals surface area contributed by atoms with Gasteiger partial charge in [0.2, 0.25) is 0 Å². The van der Waals surface area contributed by atoms with Gasteiger partial charge in [0.15, 0.2) is 0 Å². The summed E-state index contributed by atoms with van der Waals surface area (Å²) >= 11 is -3.93. The van der Waals surface area contributed by atoms with Crippen molar-refractivity contribution in [2.75, 3.05) is 0 Å². The smallest absolute Gasteiger partial charge is 0 e. The molecule has 6 heteroatoms. The Balaban J connectivity index is 0. The van der Waals surface area contributed by atoms with E-state index in [0.717, 1.165) is 0 Å². The quantitative estimate of drug-likeness (QED) is 0.545. The zero-order valence-electron chi connectivity index (χ0n) is 2.57. The van der Waals surface area contributed by atoms with E-state index in [1.54, 1.807) is 0 Å². The monoisotopic (exact) mass is 419 g/mol. The van der Waals surface area contributed by atoms with Crippen LogP contribution >= 0.6 is 27.6 Å². The normalized spacial score (nSPS) is 9.83. The van der Waals surface area contributed by atoms with Crippen LogP contribution in [0.1, 0.15) is 0 Å². The first-order valence-corrected chi connectivity index (χ1v) is 10.1. The molecule has 35 valence electrons. The van der Waals surface area contributed by atoms with Crippen molar-refractivity contribution in [2.24, 2.45) is 0 Å². The minimum atomic E-state index is -3.93. The van der Waals surface area contributed by atoms with Crippen LogP contribution in [0.25, 0.3) is 0 Å². The molecule has 0 spiro atoms. The Morgan fingerprint density at radius 2 is 1.17 bits per heavy atom. The van der Waals surface area contributed by atoms with Crippen LogP contribution in [0.15, 0.2) is 0 Å². The summed E-state index contributed by atoms with van der Waals surface area (Å²) in [5, 5.41) is 0. The van der Waals surface area contributed by atoms with E-state index in [0.29, 0.717) is 0 Å². The van der Waals surface area contributed by atoms with E-state index in [2.05, 4.69) is 0 Å². The van der Waals surface area contributed by atoms with Gasteiger partial charge in [0.25, 0.3) is 0 Å². The standard InChI is InChI=1S/3ClH.Nb.O.Tl/h3*1H;;;/q;;;+3;;/p-3. The third-order valence-corrected chi connectivity index (χ3v) is 0. The van der Waals surface area contributed by atoms with Gasteiger partial charge in [-0.1, -0.05) is 0 Å². The fraction of sp³-hybridized carbons (Fsp3) is 0. The molecular weight excluding hydrogens is 420 g/mol. The van der Waals surface area contributed by atoms with Crippen molar-refractivity contribution < 1.29 is 17.1 Å². The minimum absolute atomic E-state index is 0. The molecule has 0 amide bonds. The van der Waals surface area contributed by atoms with Crippen LogP contribution in [0.3, 0.4) is 0 Å². The summed E-state index contributed by atoms with van der Waals surface area (Å²) in [5.74, 6) is 0. The maximum absolute atomic E-state index is 9.60. The van der Waals surface area contributed by atoms with Gasteiger partial charge in [0, 0.05) is 27.3 Å². The Hall–Kier alpha value is 2.33. The van der Waals surface area contributed by atoms with Crippen molar-refractivity contribution in [1.29, 1.82) is 0 Å². The van der Waals surface area contributed by atoms with Gasteiger partial charge in [-0.25, -0.2) is 0 Å². The molecule has 1 nitrogen and oxygen atoms in total. The predicted octanol–water partition coefficient (Wildman–Crippen LogP) is 1.57. The van der Waals surface area contributed by atoms with E-state index in [1.807, 2.05) is 0 Å². The maximum Gasteiger partial charge on any atom is 0 e. The largest absolute Gasteiger partial charge is 0 e. The fourth-order valence-electron chi connectivity index (χ4n) is 0. The van der Waals surface area contributed by atoms with Crippen molar-refractivity contribution >= 4 is 54.9 Å². The van der Waals surface area contributed by atoms with Gasteiger partial charge in [-0.2, -0.15) is 0 Å². The van der Waals surface area contributed by atoms with Crippen molar-refractivity contribution in [3.63, 3.8) is 0 Å². The summed E-state index contributed by atoms with van der Waals surface area (Å²) in [5.41, 5.74) is 0. The van der Waals surface area contributed by atoms with E-state index in [-0.39, 0.29) is 27.3 Å². The molecule has 0 fully saturated rings. The molecule has 0 aliphatic heterocycles. The fourth-order valence-corrected chi connectivity index (χ4v) is 0. The average Bonchev–Trinajstić information content (AvgIpc) is 0.722. The second-order valence-corrected chi connectivity index (χ2v) is 13.9. The Labute approximate surface area is 70.8 Å². The van der Waals surface area contributed by atoms with Crippen LogP contribution in [0.2, 0.25) is 0 Å². The van der Waals surface area contributed by atoms with Crippen LogP contribution in [0.4, 0.5) is 0 Å². The van der Waals surface area contributed by atoms with Crippen molar-refractivity contribution in [1.82, 2.24) is 0 Å². The van der Waals surface area contributed by atoms with Gasteiger partial charge >= 0.3 is 44.7 Å². The maximum atomic E-state index is 9.60. The molecule has 0 saturated carbocycles. The molecule has 1 radical (unpaired) electrons. The molecule has 0 bridgehead atoms. The van der Waals surface area contributed by atoms with Crippen LogP contribution in [0, 0.1) is 0 Å². The van der Waals surface area contributed by atoms with Crippen molar-refractivity contribution in [3.05, 3.63) is 0 Å². The topological polar surface area (TPSA) is 17.1 Å². The summed E-state index contributed by atoms with van der Waals surface area (Å²) in [6.07, 6.45) is 0. The first-order valence-electron chi connectivity index (χ1n) is 0.690. The Bertz CT molecular complexity index is 56.9. The average molecular weight is 420 g/mol. The van der Waals surface area contributed by atoms with E-state index in [4.69, 9.17) is 27.6 Å². The Morgan fingerprint density at radius 3 is 1.17 bits per heavy atom. The molecular formula is Cl3NbOTl. The molecule has 0 unspecified atom stereocenters. The molecule has 0 heterocycles. The van der Waals surface area contributed by atoms with Crippen molar-refractivity contribution in [2.45, 2.75) is 0 Å². The molecule has 0 aromatic rings. The van der Waals surface area contributed by atoms with E-state index in [9.17, 15) is 3.25 Å². The second-order valence-electron chi connectivity index (χ2n) is 0.399. The number of rotatable bonds is 0. The number of hydrogen-bond donors (Lipinski definition) is 0. The molecule has 0 aliphatic carbocycles. The molecule has 0 N–H and O–H groups in total. The van der Waals surface area contributed by atoms with Gasteiger partial charge < -0.3 is 0 Å². The number of hydrogen-bond acceptors (Lipinski definition) is 1. The molecule has 0 rings (SSSR count). The van der Waals surface area contributed by atoms with Crippen molar-refractivity contribution in [3.8, 4) is 0 Å². The van der Waals surface area contributed by atoms with Crippen LogP contribution < -0.4 is 0 Å². The first-order chi connectivity index (χ1) is 2.00. The summed E-state index contributed by atoms with van der Waals surface area (Å²) in [4.78, 5) is 0. The molecule has 6 heavy (non-hydrogen) atoms. The third kappa shape index (κ3) is 33.1. The van der Waals surface area contributed by atoms with Gasteiger partial charge in [-0.15, -0.1) is 0 Å². The zero-order valence-corrected chi connectivity index (χ0v) is 11.5. The van der Waals surface area contributed by atoms with E-state index < -0.39 is 13.9 Å². The van der Waals surface area contributed by atoms with Gasteiger partial charge in [0.1, 0.15) is 0 Å². The van der Waals surface area contributed by atoms with Gasteiger partial charge in [0.05, 0.1) is 0 Å².